The summed E-state index contributed by atoms with van der Waals surface area (Å²) in [5.41, 5.74) is 7.37. The lowest BCUT2D eigenvalue weighted by molar-refractivity contribution is 0.465. The van der Waals surface area contributed by atoms with Crippen molar-refractivity contribution >= 4 is 28.9 Å². The fourth-order valence-electron chi connectivity index (χ4n) is 1.31. The molecule has 0 aliphatic heterocycles. The van der Waals surface area contributed by atoms with E-state index in [0.717, 1.165) is 5.56 Å². The predicted molar refractivity (Wildman–Crippen MR) is 69.9 cm³/mol. The second-order valence-corrected chi connectivity index (χ2v) is 4.43. The minimum atomic E-state index is 0.286. The van der Waals surface area contributed by atoms with Crippen molar-refractivity contribution in [3.63, 3.8) is 0 Å². The molecule has 0 fully saturated rings. The van der Waals surface area contributed by atoms with Crippen LogP contribution in [0.4, 0.5) is 5.69 Å². The summed E-state index contributed by atoms with van der Waals surface area (Å²) in [4.78, 5) is 4.00. The molecular weight excluding hydrogens is 259 g/mol. The van der Waals surface area contributed by atoms with E-state index in [1.807, 2.05) is 19.1 Å². The quantitative estimate of drug-likeness (QED) is 0.836. The number of pyridine rings is 1. The van der Waals surface area contributed by atoms with Crippen molar-refractivity contribution in [2.24, 2.45) is 0 Å². The molecule has 0 saturated heterocycles. The summed E-state index contributed by atoms with van der Waals surface area (Å²) in [5.74, 6) is 0.815. The summed E-state index contributed by atoms with van der Waals surface area (Å²) >= 11 is 11.7. The Morgan fingerprint density at radius 1 is 1.24 bits per heavy atom. The number of hydrogen-bond acceptors (Lipinski definition) is 3. The second-order valence-electron chi connectivity index (χ2n) is 3.58. The molecule has 2 rings (SSSR count). The van der Waals surface area contributed by atoms with Crippen molar-refractivity contribution in [3.05, 3.63) is 46.1 Å². The summed E-state index contributed by atoms with van der Waals surface area (Å²) in [5, 5.41) is 0.804. The van der Waals surface area contributed by atoms with Crippen LogP contribution in [-0.2, 0) is 0 Å². The SMILES string of the molecule is Cc1ccc(N)c(Oc2ncc(Cl)cc2Cl)c1. The molecule has 0 aliphatic rings. The van der Waals surface area contributed by atoms with E-state index >= 15 is 0 Å². The number of nitrogens with two attached hydrogens (primary N) is 1. The number of halogens is 2. The molecule has 2 N–H and O–H groups in total. The third-order valence-electron chi connectivity index (χ3n) is 2.15. The van der Waals surface area contributed by atoms with Gasteiger partial charge in [0.1, 0.15) is 5.02 Å². The van der Waals surface area contributed by atoms with Gasteiger partial charge in [0.25, 0.3) is 0 Å². The molecule has 0 atom stereocenters. The number of nitrogens with zero attached hydrogens (tertiary/aromatic N) is 1. The Morgan fingerprint density at radius 3 is 2.71 bits per heavy atom. The number of rotatable bonds is 2. The predicted octanol–water partition coefficient (Wildman–Crippen LogP) is 4.07. The average molecular weight is 269 g/mol. The highest BCUT2D eigenvalue weighted by atomic mass is 35.5. The van der Waals surface area contributed by atoms with E-state index < -0.39 is 0 Å². The van der Waals surface area contributed by atoms with Gasteiger partial charge < -0.3 is 10.5 Å². The molecular formula is C12H10Cl2N2O. The molecule has 0 aliphatic carbocycles. The molecule has 0 spiro atoms. The van der Waals surface area contributed by atoms with Gasteiger partial charge >= 0.3 is 0 Å². The van der Waals surface area contributed by atoms with E-state index in [1.54, 1.807) is 12.1 Å². The van der Waals surface area contributed by atoms with Gasteiger partial charge in [-0.05, 0) is 30.7 Å². The van der Waals surface area contributed by atoms with Crippen LogP contribution in [0.1, 0.15) is 5.56 Å². The van der Waals surface area contributed by atoms with E-state index in [4.69, 9.17) is 33.7 Å². The Morgan fingerprint density at radius 2 is 2.00 bits per heavy atom. The number of ether oxygens (including phenoxy) is 1. The van der Waals surface area contributed by atoms with Crippen molar-refractivity contribution in [2.75, 3.05) is 5.73 Å². The normalized spacial score (nSPS) is 10.3. The Bertz CT molecular complexity index is 558. The molecule has 1 aromatic heterocycles. The van der Waals surface area contributed by atoms with E-state index in [9.17, 15) is 0 Å². The zero-order valence-corrected chi connectivity index (χ0v) is 10.6. The topological polar surface area (TPSA) is 48.1 Å². The Labute approximate surface area is 109 Å². The van der Waals surface area contributed by atoms with Crippen LogP contribution < -0.4 is 10.5 Å². The number of hydrogen-bond donors (Lipinski definition) is 1. The summed E-state index contributed by atoms with van der Waals surface area (Å²) in [6.07, 6.45) is 1.47. The van der Waals surface area contributed by atoms with E-state index in [2.05, 4.69) is 4.98 Å². The van der Waals surface area contributed by atoms with Crippen molar-refractivity contribution < 1.29 is 4.74 Å². The van der Waals surface area contributed by atoms with Crippen LogP contribution in [0.2, 0.25) is 10.0 Å². The molecule has 0 bridgehead atoms. The first-order valence-corrected chi connectivity index (χ1v) is 5.67. The maximum atomic E-state index is 5.96. The standard InChI is InChI=1S/C12H10Cl2N2O/c1-7-2-3-10(15)11(4-7)17-12-9(14)5-8(13)6-16-12/h2-6H,15H2,1H3. The molecule has 0 unspecified atom stereocenters. The van der Waals surface area contributed by atoms with Crippen LogP contribution in [0.25, 0.3) is 0 Å². The first-order valence-electron chi connectivity index (χ1n) is 4.91. The third-order valence-corrected chi connectivity index (χ3v) is 2.63. The smallest absolute Gasteiger partial charge is 0.238 e. The molecule has 88 valence electrons. The Hall–Kier alpha value is -1.45. The van der Waals surface area contributed by atoms with Crippen molar-refractivity contribution in [2.45, 2.75) is 6.92 Å². The van der Waals surface area contributed by atoms with Gasteiger partial charge in [0.2, 0.25) is 5.88 Å². The number of anilines is 1. The van der Waals surface area contributed by atoms with Crippen molar-refractivity contribution in [3.8, 4) is 11.6 Å². The lowest BCUT2D eigenvalue weighted by Gasteiger charge is -2.09. The van der Waals surface area contributed by atoms with Crippen molar-refractivity contribution in [1.29, 1.82) is 0 Å². The van der Waals surface area contributed by atoms with Gasteiger partial charge in [0.05, 0.1) is 10.7 Å². The van der Waals surface area contributed by atoms with Gasteiger partial charge in [-0.2, -0.15) is 0 Å². The molecule has 2 aromatic rings. The number of benzene rings is 1. The number of aryl methyl sites for hydroxylation is 1. The van der Waals surface area contributed by atoms with E-state index in [-0.39, 0.29) is 5.88 Å². The Kier molecular flexibility index (Phi) is 3.41. The van der Waals surface area contributed by atoms with E-state index in [1.165, 1.54) is 6.20 Å². The van der Waals surface area contributed by atoms with Gasteiger partial charge in [-0.1, -0.05) is 29.3 Å². The first-order chi connectivity index (χ1) is 8.06. The minimum absolute atomic E-state index is 0.286. The molecule has 1 heterocycles. The summed E-state index contributed by atoms with van der Waals surface area (Å²) in [6, 6.07) is 7.06. The maximum absolute atomic E-state index is 5.96. The molecule has 1 aromatic carbocycles. The molecule has 0 saturated carbocycles. The minimum Gasteiger partial charge on any atom is -0.435 e. The molecule has 3 nitrogen and oxygen atoms in total. The van der Waals surface area contributed by atoms with Gasteiger partial charge in [-0.3, -0.25) is 0 Å². The lowest BCUT2D eigenvalue weighted by Crippen LogP contribution is -1.94. The number of nitrogen functional groups attached to an aromatic ring is 1. The average Bonchev–Trinajstić information content (AvgIpc) is 2.27. The van der Waals surface area contributed by atoms with Crippen LogP contribution >= 0.6 is 23.2 Å². The van der Waals surface area contributed by atoms with Gasteiger partial charge in [-0.15, -0.1) is 0 Å². The first kappa shape index (κ1) is 12.0. The zero-order chi connectivity index (χ0) is 12.4. The zero-order valence-electron chi connectivity index (χ0n) is 9.08. The lowest BCUT2D eigenvalue weighted by atomic mass is 10.2. The van der Waals surface area contributed by atoms with Crippen LogP contribution in [-0.4, -0.2) is 4.98 Å². The van der Waals surface area contributed by atoms with Gasteiger partial charge in [0, 0.05) is 6.20 Å². The summed E-state index contributed by atoms with van der Waals surface area (Å²) in [6.45, 7) is 1.95. The number of aromatic nitrogens is 1. The van der Waals surface area contributed by atoms with Gasteiger partial charge in [-0.25, -0.2) is 4.98 Å². The summed E-state index contributed by atoms with van der Waals surface area (Å²) < 4.78 is 5.55. The van der Waals surface area contributed by atoms with E-state index in [0.29, 0.717) is 21.5 Å². The fraction of sp³-hybridized carbons (Fsp3) is 0.0833. The van der Waals surface area contributed by atoms with Crippen LogP contribution in [0.5, 0.6) is 11.6 Å². The van der Waals surface area contributed by atoms with Crippen LogP contribution in [0, 0.1) is 6.92 Å². The molecule has 17 heavy (non-hydrogen) atoms. The molecule has 5 heteroatoms. The Balaban J connectivity index is 2.34. The largest absolute Gasteiger partial charge is 0.435 e. The van der Waals surface area contributed by atoms with Crippen LogP contribution in [0.3, 0.4) is 0 Å². The highest BCUT2D eigenvalue weighted by Crippen LogP contribution is 2.32. The monoisotopic (exact) mass is 268 g/mol. The van der Waals surface area contributed by atoms with Gasteiger partial charge in [0.15, 0.2) is 5.75 Å². The third kappa shape index (κ3) is 2.81. The second kappa shape index (κ2) is 4.82. The van der Waals surface area contributed by atoms with Crippen molar-refractivity contribution in [1.82, 2.24) is 4.98 Å². The summed E-state index contributed by atoms with van der Waals surface area (Å²) in [7, 11) is 0. The maximum Gasteiger partial charge on any atom is 0.238 e. The highest BCUT2D eigenvalue weighted by molar-refractivity contribution is 6.35. The molecule has 0 amide bonds. The fourth-order valence-corrected chi connectivity index (χ4v) is 1.73. The molecule has 0 radical (unpaired) electrons. The highest BCUT2D eigenvalue weighted by Gasteiger charge is 2.08. The van der Waals surface area contributed by atoms with Crippen LogP contribution in [0.15, 0.2) is 30.5 Å².